The Morgan fingerprint density at radius 3 is 2.52 bits per heavy atom. The molecule has 0 radical (unpaired) electrons. The highest BCUT2D eigenvalue weighted by atomic mass is 35.5. The van der Waals surface area contributed by atoms with Crippen LogP contribution in [0.1, 0.15) is 12.8 Å². The highest BCUT2D eigenvalue weighted by Crippen LogP contribution is 2.24. The Morgan fingerprint density at radius 2 is 1.86 bits per heavy atom. The van der Waals surface area contributed by atoms with E-state index in [0.29, 0.717) is 24.2 Å². The van der Waals surface area contributed by atoms with Crippen LogP contribution in [0.15, 0.2) is 24.3 Å². The fourth-order valence-electron chi connectivity index (χ4n) is 2.49. The fraction of sp³-hybridized carbons (Fsp3) is 0.467. The van der Waals surface area contributed by atoms with Crippen molar-refractivity contribution >= 4 is 29.3 Å². The minimum Gasteiger partial charge on any atom is -0.475 e. The summed E-state index contributed by atoms with van der Waals surface area (Å²) in [6.45, 7) is 2.87. The summed E-state index contributed by atoms with van der Waals surface area (Å²) in [7, 11) is 1.84. The number of aromatic nitrogens is 2. The van der Waals surface area contributed by atoms with Crippen molar-refractivity contribution in [1.82, 2.24) is 15.3 Å². The first-order chi connectivity index (χ1) is 9.86. The topological polar surface area (TPSA) is 59.1 Å². The molecule has 3 rings (SSSR count). The van der Waals surface area contributed by atoms with E-state index >= 15 is 0 Å². The molecule has 0 bridgehead atoms. The number of piperidine rings is 1. The molecule has 0 aliphatic carbocycles. The molecule has 1 aliphatic heterocycles. The van der Waals surface area contributed by atoms with Gasteiger partial charge in [0.2, 0.25) is 0 Å². The van der Waals surface area contributed by atoms with Crippen molar-refractivity contribution in [2.24, 2.45) is 5.92 Å². The summed E-state index contributed by atoms with van der Waals surface area (Å²) in [6.07, 6.45) is 2.33. The molecule has 1 aromatic carbocycles. The number of hydrogen-bond acceptors (Lipinski definition) is 5. The number of ether oxygens (including phenoxy) is 1. The monoisotopic (exact) mass is 308 g/mol. The van der Waals surface area contributed by atoms with E-state index in [1.807, 2.05) is 31.3 Å². The second-order valence-electron chi connectivity index (χ2n) is 5.12. The molecule has 2 heterocycles. The van der Waals surface area contributed by atoms with Crippen molar-refractivity contribution in [3.63, 3.8) is 0 Å². The Hall–Kier alpha value is -1.59. The number of halogens is 1. The van der Waals surface area contributed by atoms with E-state index in [1.165, 1.54) is 0 Å². The molecular formula is C15H21ClN4O. The number of nitrogens with zero attached hydrogens (tertiary/aromatic N) is 2. The summed E-state index contributed by atoms with van der Waals surface area (Å²) in [5.41, 5.74) is 1.75. The van der Waals surface area contributed by atoms with Gasteiger partial charge in [-0.3, -0.25) is 0 Å². The minimum atomic E-state index is 0. The molecule has 2 N–H and O–H groups in total. The molecule has 1 fully saturated rings. The Balaban J connectivity index is 0.00000161. The summed E-state index contributed by atoms with van der Waals surface area (Å²) in [4.78, 5) is 9.11. The lowest BCUT2D eigenvalue weighted by atomic mass is 9.99. The van der Waals surface area contributed by atoms with Gasteiger partial charge in [0.25, 0.3) is 5.88 Å². The molecule has 114 valence electrons. The molecule has 1 aliphatic rings. The Kier molecular flexibility index (Phi) is 5.59. The van der Waals surface area contributed by atoms with Gasteiger partial charge in [-0.2, -0.15) is 0 Å². The van der Waals surface area contributed by atoms with Crippen LogP contribution in [-0.4, -0.2) is 36.7 Å². The van der Waals surface area contributed by atoms with Crippen LogP contribution < -0.4 is 15.4 Å². The molecular weight excluding hydrogens is 288 g/mol. The van der Waals surface area contributed by atoms with E-state index in [-0.39, 0.29) is 12.4 Å². The minimum absolute atomic E-state index is 0. The van der Waals surface area contributed by atoms with Gasteiger partial charge >= 0.3 is 0 Å². The Bertz CT molecular complexity index is 587. The molecule has 2 aromatic rings. The second-order valence-corrected chi connectivity index (χ2v) is 5.12. The second kappa shape index (κ2) is 7.43. The Morgan fingerprint density at radius 1 is 1.19 bits per heavy atom. The number of rotatable bonds is 4. The average molecular weight is 309 g/mol. The van der Waals surface area contributed by atoms with Crippen molar-refractivity contribution in [3.8, 4) is 5.88 Å². The molecule has 5 nitrogen and oxygen atoms in total. The average Bonchev–Trinajstić information content (AvgIpc) is 2.53. The van der Waals surface area contributed by atoms with Gasteiger partial charge in [-0.05, 0) is 44.0 Å². The van der Waals surface area contributed by atoms with E-state index < -0.39 is 0 Å². The van der Waals surface area contributed by atoms with Crippen LogP contribution in [0, 0.1) is 5.92 Å². The number of benzene rings is 1. The van der Waals surface area contributed by atoms with Gasteiger partial charge in [0, 0.05) is 7.05 Å². The Labute approximate surface area is 130 Å². The summed E-state index contributed by atoms with van der Waals surface area (Å²) in [6, 6.07) is 7.84. The molecule has 0 saturated carbocycles. The maximum Gasteiger partial charge on any atom is 0.258 e. The molecule has 6 heteroatoms. The lowest BCUT2D eigenvalue weighted by Crippen LogP contribution is -2.30. The summed E-state index contributed by atoms with van der Waals surface area (Å²) < 4.78 is 5.91. The normalized spacial score (nSPS) is 15.5. The zero-order valence-electron chi connectivity index (χ0n) is 12.1. The van der Waals surface area contributed by atoms with Gasteiger partial charge in [0.1, 0.15) is 0 Å². The molecule has 1 aromatic heterocycles. The summed E-state index contributed by atoms with van der Waals surface area (Å²) in [5.74, 6) is 1.91. The maximum atomic E-state index is 5.91. The highest BCUT2D eigenvalue weighted by molar-refractivity contribution is 5.85. The molecule has 0 amide bonds. The third kappa shape index (κ3) is 3.74. The zero-order valence-corrected chi connectivity index (χ0v) is 12.9. The van der Waals surface area contributed by atoms with Crippen LogP contribution in [0.25, 0.3) is 11.0 Å². The zero-order chi connectivity index (χ0) is 13.8. The number of anilines is 1. The van der Waals surface area contributed by atoms with Crippen LogP contribution in [0.3, 0.4) is 0 Å². The predicted molar refractivity (Wildman–Crippen MR) is 87.4 cm³/mol. The molecule has 21 heavy (non-hydrogen) atoms. The van der Waals surface area contributed by atoms with E-state index in [1.54, 1.807) is 0 Å². The fourth-order valence-corrected chi connectivity index (χ4v) is 2.49. The van der Waals surface area contributed by atoms with E-state index in [4.69, 9.17) is 4.74 Å². The van der Waals surface area contributed by atoms with Crippen molar-refractivity contribution < 1.29 is 4.74 Å². The smallest absolute Gasteiger partial charge is 0.258 e. The largest absolute Gasteiger partial charge is 0.475 e. The lowest BCUT2D eigenvalue weighted by Gasteiger charge is -2.22. The SMILES string of the molecule is CNc1nc2ccccc2nc1OCC1CCNCC1.Cl. The van der Waals surface area contributed by atoms with Crippen molar-refractivity contribution in [2.75, 3.05) is 32.1 Å². The highest BCUT2D eigenvalue weighted by Gasteiger charge is 2.16. The summed E-state index contributed by atoms with van der Waals surface area (Å²) >= 11 is 0. The van der Waals surface area contributed by atoms with Gasteiger partial charge in [0.15, 0.2) is 5.82 Å². The van der Waals surface area contributed by atoms with Crippen LogP contribution in [-0.2, 0) is 0 Å². The van der Waals surface area contributed by atoms with Crippen molar-refractivity contribution in [3.05, 3.63) is 24.3 Å². The van der Waals surface area contributed by atoms with Gasteiger partial charge in [-0.1, -0.05) is 12.1 Å². The lowest BCUT2D eigenvalue weighted by molar-refractivity contribution is 0.210. The first kappa shape index (κ1) is 15.8. The molecule has 0 spiro atoms. The van der Waals surface area contributed by atoms with E-state index in [2.05, 4.69) is 20.6 Å². The van der Waals surface area contributed by atoms with Gasteiger partial charge in [-0.15, -0.1) is 12.4 Å². The third-order valence-corrected chi connectivity index (χ3v) is 3.69. The molecule has 1 saturated heterocycles. The van der Waals surface area contributed by atoms with Crippen molar-refractivity contribution in [2.45, 2.75) is 12.8 Å². The van der Waals surface area contributed by atoms with Crippen LogP contribution >= 0.6 is 12.4 Å². The van der Waals surface area contributed by atoms with Gasteiger partial charge in [-0.25, -0.2) is 9.97 Å². The van der Waals surface area contributed by atoms with Crippen LogP contribution in [0.2, 0.25) is 0 Å². The van der Waals surface area contributed by atoms with Gasteiger partial charge < -0.3 is 15.4 Å². The summed E-state index contributed by atoms with van der Waals surface area (Å²) in [5, 5.41) is 6.43. The van der Waals surface area contributed by atoms with Crippen LogP contribution in [0.5, 0.6) is 5.88 Å². The molecule has 0 unspecified atom stereocenters. The first-order valence-electron chi connectivity index (χ1n) is 7.15. The maximum absolute atomic E-state index is 5.91. The van der Waals surface area contributed by atoms with Crippen molar-refractivity contribution in [1.29, 1.82) is 0 Å². The quantitative estimate of drug-likeness (QED) is 0.908. The number of para-hydroxylation sites is 2. The number of nitrogens with one attached hydrogen (secondary N) is 2. The number of fused-ring (bicyclic) bond motifs is 1. The van der Waals surface area contributed by atoms with E-state index in [9.17, 15) is 0 Å². The standard InChI is InChI=1S/C15H20N4O.ClH/c1-16-14-15(20-10-11-6-8-17-9-7-11)19-13-5-3-2-4-12(13)18-14;/h2-5,11,17H,6-10H2,1H3,(H,16,18);1H. The van der Waals surface area contributed by atoms with Crippen LogP contribution in [0.4, 0.5) is 5.82 Å². The predicted octanol–water partition coefficient (Wildman–Crippen LogP) is 2.47. The third-order valence-electron chi connectivity index (χ3n) is 3.69. The molecule has 0 atom stereocenters. The first-order valence-corrected chi connectivity index (χ1v) is 7.15. The number of hydrogen-bond donors (Lipinski definition) is 2. The van der Waals surface area contributed by atoms with Gasteiger partial charge in [0.05, 0.1) is 17.6 Å². The van der Waals surface area contributed by atoms with E-state index in [0.717, 1.165) is 37.0 Å².